The van der Waals surface area contributed by atoms with E-state index in [1.807, 2.05) is 32.0 Å². The number of para-hydroxylation sites is 1. The number of methoxy groups -OCH3 is 1. The van der Waals surface area contributed by atoms with Crippen molar-refractivity contribution in [3.63, 3.8) is 0 Å². The second kappa shape index (κ2) is 7.05. The molecule has 3 N–H and O–H groups in total. The van der Waals surface area contributed by atoms with Gasteiger partial charge >= 0.3 is 0 Å². The van der Waals surface area contributed by atoms with Gasteiger partial charge in [0.1, 0.15) is 11.5 Å². The topological polar surface area (TPSA) is 73.6 Å². The van der Waals surface area contributed by atoms with Gasteiger partial charge in [0.15, 0.2) is 6.10 Å². The number of nitrogen functional groups attached to an aromatic ring is 1. The third-order valence-corrected chi connectivity index (χ3v) is 3.55. The van der Waals surface area contributed by atoms with Gasteiger partial charge in [0, 0.05) is 5.69 Å². The highest BCUT2D eigenvalue weighted by atomic mass is 16.5. The summed E-state index contributed by atoms with van der Waals surface area (Å²) in [6.45, 7) is 5.61. The molecule has 0 aromatic heterocycles. The summed E-state index contributed by atoms with van der Waals surface area (Å²) in [7, 11) is 1.54. The minimum atomic E-state index is -0.652. The van der Waals surface area contributed by atoms with Crippen LogP contribution in [0.4, 0.5) is 11.4 Å². The molecule has 0 saturated carbocycles. The standard InChI is InChI=1S/C18H22N2O3/c1-11-6-5-7-12(2)17(11)23-13(3)18(21)20-15-10-14(19)8-9-16(15)22-4/h5-10,13H,19H2,1-4H3,(H,20,21). The number of nitrogens with two attached hydrogens (primary N) is 1. The van der Waals surface area contributed by atoms with Crippen LogP contribution in [0.2, 0.25) is 0 Å². The number of rotatable bonds is 5. The first-order valence-corrected chi connectivity index (χ1v) is 7.39. The van der Waals surface area contributed by atoms with Gasteiger partial charge in [0.2, 0.25) is 0 Å². The smallest absolute Gasteiger partial charge is 0.265 e. The first kappa shape index (κ1) is 16.7. The monoisotopic (exact) mass is 314 g/mol. The lowest BCUT2D eigenvalue weighted by molar-refractivity contribution is -0.122. The van der Waals surface area contributed by atoms with Gasteiger partial charge in [-0.05, 0) is 50.1 Å². The Morgan fingerprint density at radius 3 is 2.43 bits per heavy atom. The van der Waals surface area contributed by atoms with Gasteiger partial charge in [0.25, 0.3) is 5.91 Å². The van der Waals surface area contributed by atoms with Gasteiger partial charge in [-0.15, -0.1) is 0 Å². The second-order valence-corrected chi connectivity index (χ2v) is 5.43. The summed E-state index contributed by atoms with van der Waals surface area (Å²) in [5.41, 5.74) is 8.81. The van der Waals surface area contributed by atoms with Crippen molar-refractivity contribution in [1.29, 1.82) is 0 Å². The number of ether oxygens (including phenoxy) is 2. The van der Waals surface area contributed by atoms with Crippen molar-refractivity contribution in [1.82, 2.24) is 0 Å². The van der Waals surface area contributed by atoms with Crippen LogP contribution in [-0.2, 0) is 4.79 Å². The molecule has 0 aliphatic carbocycles. The molecule has 1 unspecified atom stereocenters. The molecule has 1 amide bonds. The number of carbonyl (C=O) groups is 1. The van der Waals surface area contributed by atoms with Crippen LogP contribution < -0.4 is 20.5 Å². The summed E-state index contributed by atoms with van der Waals surface area (Å²) in [5, 5.41) is 2.79. The molecule has 0 spiro atoms. The number of benzene rings is 2. The zero-order chi connectivity index (χ0) is 17.0. The van der Waals surface area contributed by atoms with Crippen LogP contribution in [0.15, 0.2) is 36.4 Å². The van der Waals surface area contributed by atoms with E-state index in [0.29, 0.717) is 17.1 Å². The highest BCUT2D eigenvalue weighted by Crippen LogP contribution is 2.27. The first-order valence-electron chi connectivity index (χ1n) is 7.39. The minimum absolute atomic E-state index is 0.267. The molecule has 0 radical (unpaired) electrons. The van der Waals surface area contributed by atoms with Crippen molar-refractivity contribution in [2.24, 2.45) is 0 Å². The van der Waals surface area contributed by atoms with Crippen LogP contribution in [0.25, 0.3) is 0 Å². The third-order valence-electron chi connectivity index (χ3n) is 3.55. The van der Waals surface area contributed by atoms with Gasteiger partial charge < -0.3 is 20.5 Å². The van der Waals surface area contributed by atoms with Gasteiger partial charge in [-0.2, -0.15) is 0 Å². The number of anilines is 2. The lowest BCUT2D eigenvalue weighted by Crippen LogP contribution is -2.30. The molecule has 0 heterocycles. The zero-order valence-electron chi connectivity index (χ0n) is 13.8. The Morgan fingerprint density at radius 2 is 1.83 bits per heavy atom. The first-order chi connectivity index (χ1) is 10.9. The molecule has 2 aromatic carbocycles. The number of carbonyl (C=O) groups excluding carboxylic acids is 1. The Bertz CT molecular complexity index is 693. The van der Waals surface area contributed by atoms with Crippen molar-refractivity contribution < 1.29 is 14.3 Å². The van der Waals surface area contributed by atoms with Gasteiger partial charge in [-0.25, -0.2) is 0 Å². The van der Waals surface area contributed by atoms with Crippen molar-refractivity contribution in [3.8, 4) is 11.5 Å². The van der Waals surface area contributed by atoms with E-state index < -0.39 is 6.10 Å². The van der Waals surface area contributed by atoms with Crippen LogP contribution in [0.5, 0.6) is 11.5 Å². The fourth-order valence-corrected chi connectivity index (χ4v) is 2.27. The summed E-state index contributed by atoms with van der Waals surface area (Å²) in [4.78, 5) is 12.4. The summed E-state index contributed by atoms with van der Waals surface area (Å²) >= 11 is 0. The van der Waals surface area contributed by atoms with Gasteiger partial charge in [-0.3, -0.25) is 4.79 Å². The van der Waals surface area contributed by atoms with Crippen LogP contribution >= 0.6 is 0 Å². The Labute approximate surface area is 136 Å². The predicted molar refractivity (Wildman–Crippen MR) is 92.0 cm³/mol. The van der Waals surface area contributed by atoms with E-state index in [-0.39, 0.29) is 5.91 Å². The lowest BCUT2D eigenvalue weighted by atomic mass is 10.1. The van der Waals surface area contributed by atoms with Crippen LogP contribution in [0.3, 0.4) is 0 Å². The van der Waals surface area contributed by atoms with E-state index in [4.69, 9.17) is 15.2 Å². The minimum Gasteiger partial charge on any atom is -0.495 e. The molecule has 0 fully saturated rings. The second-order valence-electron chi connectivity index (χ2n) is 5.43. The lowest BCUT2D eigenvalue weighted by Gasteiger charge is -2.19. The molecule has 5 nitrogen and oxygen atoms in total. The molecule has 23 heavy (non-hydrogen) atoms. The normalized spacial score (nSPS) is 11.7. The van der Waals surface area contributed by atoms with Gasteiger partial charge in [-0.1, -0.05) is 18.2 Å². The van der Waals surface area contributed by atoms with E-state index in [9.17, 15) is 4.79 Å². The largest absolute Gasteiger partial charge is 0.495 e. The van der Waals surface area contributed by atoms with Crippen molar-refractivity contribution in [2.75, 3.05) is 18.2 Å². The number of hydrogen-bond donors (Lipinski definition) is 2. The van der Waals surface area contributed by atoms with E-state index in [2.05, 4.69) is 5.32 Å². The molecule has 122 valence electrons. The zero-order valence-corrected chi connectivity index (χ0v) is 13.8. The average molecular weight is 314 g/mol. The average Bonchev–Trinajstić information content (AvgIpc) is 2.51. The quantitative estimate of drug-likeness (QED) is 0.831. The highest BCUT2D eigenvalue weighted by Gasteiger charge is 2.18. The van der Waals surface area contributed by atoms with E-state index in [1.165, 1.54) is 7.11 Å². The number of amides is 1. The molecular formula is C18H22N2O3. The Hall–Kier alpha value is -2.69. The molecule has 0 aliphatic rings. The third kappa shape index (κ3) is 3.94. The summed E-state index contributed by atoms with van der Waals surface area (Å²) in [6.07, 6.45) is -0.652. The number of aryl methyl sites for hydroxylation is 2. The molecule has 0 aliphatic heterocycles. The van der Waals surface area contributed by atoms with E-state index >= 15 is 0 Å². The van der Waals surface area contributed by atoms with E-state index in [1.54, 1.807) is 25.1 Å². The van der Waals surface area contributed by atoms with Crippen molar-refractivity contribution in [2.45, 2.75) is 26.9 Å². The Morgan fingerprint density at radius 1 is 1.17 bits per heavy atom. The van der Waals surface area contributed by atoms with Crippen molar-refractivity contribution in [3.05, 3.63) is 47.5 Å². The summed E-state index contributed by atoms with van der Waals surface area (Å²) in [5.74, 6) is 1.01. The number of hydrogen-bond acceptors (Lipinski definition) is 4. The molecule has 2 rings (SSSR count). The molecule has 2 aromatic rings. The Balaban J connectivity index is 2.13. The van der Waals surface area contributed by atoms with Crippen LogP contribution in [0.1, 0.15) is 18.1 Å². The number of nitrogens with one attached hydrogen (secondary N) is 1. The van der Waals surface area contributed by atoms with Crippen LogP contribution in [-0.4, -0.2) is 19.1 Å². The fraction of sp³-hybridized carbons (Fsp3) is 0.278. The molecular weight excluding hydrogens is 292 g/mol. The van der Waals surface area contributed by atoms with Gasteiger partial charge in [0.05, 0.1) is 12.8 Å². The predicted octanol–water partition coefficient (Wildman–Crippen LogP) is 3.30. The van der Waals surface area contributed by atoms with E-state index in [0.717, 1.165) is 16.9 Å². The maximum atomic E-state index is 12.4. The maximum absolute atomic E-state index is 12.4. The molecule has 0 saturated heterocycles. The fourth-order valence-electron chi connectivity index (χ4n) is 2.27. The highest BCUT2D eigenvalue weighted by molar-refractivity contribution is 5.96. The SMILES string of the molecule is COc1ccc(N)cc1NC(=O)C(C)Oc1c(C)cccc1C. The van der Waals surface area contributed by atoms with Crippen molar-refractivity contribution >= 4 is 17.3 Å². The maximum Gasteiger partial charge on any atom is 0.265 e. The summed E-state index contributed by atoms with van der Waals surface area (Å²) in [6, 6.07) is 10.9. The van der Waals surface area contributed by atoms with Crippen LogP contribution in [0, 0.1) is 13.8 Å². The summed E-state index contributed by atoms with van der Waals surface area (Å²) < 4.78 is 11.1. The molecule has 5 heteroatoms. The Kier molecular flexibility index (Phi) is 5.11. The molecule has 1 atom stereocenters. The molecule has 0 bridgehead atoms.